The number of hydrogen-bond acceptors (Lipinski definition) is 4. The predicted molar refractivity (Wildman–Crippen MR) is 81.4 cm³/mol. The lowest BCUT2D eigenvalue weighted by atomic mass is 9.93. The Morgan fingerprint density at radius 1 is 1.15 bits per heavy atom. The van der Waals surface area contributed by atoms with Crippen LogP contribution in [0.2, 0.25) is 0 Å². The molecule has 112 valence electrons. The molecule has 0 aromatic carbocycles. The van der Waals surface area contributed by atoms with Crippen LogP contribution in [0.1, 0.15) is 46.2 Å². The van der Waals surface area contributed by atoms with Crippen LogP contribution >= 0.6 is 0 Å². The molecule has 1 saturated heterocycles. The van der Waals surface area contributed by atoms with Crippen LogP contribution in [0.15, 0.2) is 24.5 Å². The van der Waals surface area contributed by atoms with Crippen molar-refractivity contribution in [2.75, 3.05) is 13.1 Å². The van der Waals surface area contributed by atoms with E-state index in [1.54, 1.807) is 0 Å². The fourth-order valence-electron chi connectivity index (χ4n) is 3.45. The highest BCUT2D eigenvalue weighted by Gasteiger charge is 2.41. The maximum absolute atomic E-state index is 6.27. The number of morpholine rings is 1. The zero-order valence-electron chi connectivity index (χ0n) is 13.3. The summed E-state index contributed by atoms with van der Waals surface area (Å²) < 4.78 is 6.16. The number of rotatable bonds is 3. The first-order valence-corrected chi connectivity index (χ1v) is 7.30. The normalized spacial score (nSPS) is 25.1. The van der Waals surface area contributed by atoms with Gasteiger partial charge in [0.25, 0.3) is 0 Å². The summed E-state index contributed by atoms with van der Waals surface area (Å²) in [6.07, 6.45) is 3.67. The minimum Gasteiger partial charge on any atom is -0.367 e. The highest BCUT2D eigenvalue weighted by molar-refractivity contribution is 5.18. The van der Waals surface area contributed by atoms with Gasteiger partial charge in [0.15, 0.2) is 0 Å². The lowest BCUT2D eigenvalue weighted by molar-refractivity contribution is -0.189. The van der Waals surface area contributed by atoms with E-state index < -0.39 is 0 Å². The number of hydrogen-bond donors (Lipinski definition) is 1. The first-order chi connectivity index (χ1) is 9.20. The van der Waals surface area contributed by atoms with Crippen LogP contribution in [-0.4, -0.2) is 40.2 Å². The average Bonchev–Trinajstić information content (AvgIpc) is 2.25. The second-order valence-electron chi connectivity index (χ2n) is 7.11. The Bertz CT molecular complexity index is 426. The van der Waals surface area contributed by atoms with Crippen molar-refractivity contribution >= 4 is 0 Å². The second-order valence-corrected chi connectivity index (χ2v) is 7.11. The van der Waals surface area contributed by atoms with E-state index in [4.69, 9.17) is 10.5 Å². The monoisotopic (exact) mass is 277 g/mol. The van der Waals surface area contributed by atoms with E-state index >= 15 is 0 Å². The van der Waals surface area contributed by atoms with Crippen molar-refractivity contribution < 1.29 is 4.74 Å². The predicted octanol–water partition coefficient (Wildman–Crippen LogP) is 2.36. The van der Waals surface area contributed by atoms with Gasteiger partial charge in [-0.25, -0.2) is 0 Å². The molecular weight excluding hydrogens is 250 g/mol. The fourth-order valence-corrected chi connectivity index (χ4v) is 3.45. The van der Waals surface area contributed by atoms with Crippen molar-refractivity contribution in [2.45, 2.75) is 57.9 Å². The van der Waals surface area contributed by atoms with Crippen molar-refractivity contribution in [3.63, 3.8) is 0 Å². The Hall–Kier alpha value is -0.970. The molecule has 2 atom stereocenters. The molecule has 2 heterocycles. The molecule has 4 nitrogen and oxygen atoms in total. The summed E-state index contributed by atoms with van der Waals surface area (Å²) >= 11 is 0. The molecule has 1 aliphatic rings. The summed E-state index contributed by atoms with van der Waals surface area (Å²) in [4.78, 5) is 6.55. The summed E-state index contributed by atoms with van der Waals surface area (Å²) in [5, 5.41) is 0. The Morgan fingerprint density at radius 3 is 2.10 bits per heavy atom. The van der Waals surface area contributed by atoms with Gasteiger partial charge in [-0.3, -0.25) is 9.88 Å². The Morgan fingerprint density at radius 2 is 1.65 bits per heavy atom. The molecule has 1 aliphatic heterocycles. The first-order valence-electron chi connectivity index (χ1n) is 7.30. The molecule has 1 aromatic heterocycles. The van der Waals surface area contributed by atoms with Gasteiger partial charge in [-0.15, -0.1) is 0 Å². The molecule has 2 unspecified atom stereocenters. The number of aromatic nitrogens is 1. The molecule has 0 spiro atoms. The van der Waals surface area contributed by atoms with Gasteiger partial charge in [0, 0.05) is 37.6 Å². The van der Waals surface area contributed by atoms with Gasteiger partial charge in [0.05, 0.1) is 11.2 Å². The zero-order chi connectivity index (χ0) is 15.0. The highest BCUT2D eigenvalue weighted by atomic mass is 16.5. The summed E-state index contributed by atoms with van der Waals surface area (Å²) in [6.45, 7) is 12.4. The van der Waals surface area contributed by atoms with E-state index in [0.29, 0.717) is 0 Å². The van der Waals surface area contributed by atoms with Crippen molar-refractivity contribution in [3.8, 4) is 0 Å². The molecule has 2 N–H and O–H groups in total. The van der Waals surface area contributed by atoms with Gasteiger partial charge in [-0.1, -0.05) is 0 Å². The molecular formula is C16H27N3O. The van der Waals surface area contributed by atoms with Crippen LogP contribution in [-0.2, 0) is 4.74 Å². The van der Waals surface area contributed by atoms with Crippen molar-refractivity contribution in [1.82, 2.24) is 9.88 Å². The van der Waals surface area contributed by atoms with E-state index in [1.807, 2.05) is 12.4 Å². The number of nitrogens with zero attached hydrogens (tertiary/aromatic N) is 2. The summed E-state index contributed by atoms with van der Waals surface area (Å²) in [5.41, 5.74) is 7.17. The molecule has 2 rings (SSSR count). The van der Waals surface area contributed by atoms with Crippen LogP contribution in [0, 0.1) is 0 Å². The standard InChI is InChI=1S/C16H27N3O/c1-12(17)14(13-6-8-18-9-7-13)19-10-15(2,3)20-16(4,5)11-19/h6-9,12,14H,10-11,17H2,1-5H3. The Labute approximate surface area is 122 Å². The molecule has 0 aliphatic carbocycles. The molecule has 1 aromatic rings. The van der Waals surface area contributed by atoms with Crippen LogP contribution in [0.3, 0.4) is 0 Å². The SMILES string of the molecule is CC(N)C(c1ccncc1)N1CC(C)(C)OC(C)(C)C1. The van der Waals surface area contributed by atoms with E-state index in [2.05, 4.69) is 56.6 Å². The third kappa shape index (κ3) is 3.57. The largest absolute Gasteiger partial charge is 0.367 e. The minimum atomic E-state index is -0.165. The maximum atomic E-state index is 6.27. The molecule has 1 fully saturated rings. The third-order valence-electron chi connectivity index (χ3n) is 3.66. The smallest absolute Gasteiger partial charge is 0.0761 e. The maximum Gasteiger partial charge on any atom is 0.0761 e. The van der Waals surface area contributed by atoms with Crippen LogP contribution in [0.5, 0.6) is 0 Å². The fraction of sp³-hybridized carbons (Fsp3) is 0.688. The number of ether oxygens (including phenoxy) is 1. The first kappa shape index (κ1) is 15.4. The lowest BCUT2D eigenvalue weighted by Gasteiger charge is -2.50. The summed E-state index contributed by atoms with van der Waals surface area (Å²) in [7, 11) is 0. The van der Waals surface area contributed by atoms with Gasteiger partial charge in [0.1, 0.15) is 0 Å². The Kier molecular flexibility index (Phi) is 4.19. The molecule has 0 saturated carbocycles. The minimum absolute atomic E-state index is 0.0575. The van der Waals surface area contributed by atoms with Gasteiger partial charge in [-0.05, 0) is 52.3 Å². The van der Waals surface area contributed by atoms with Crippen LogP contribution < -0.4 is 5.73 Å². The number of pyridine rings is 1. The van der Waals surface area contributed by atoms with Gasteiger partial charge >= 0.3 is 0 Å². The van der Waals surface area contributed by atoms with Crippen molar-refractivity contribution in [3.05, 3.63) is 30.1 Å². The topological polar surface area (TPSA) is 51.4 Å². The van der Waals surface area contributed by atoms with Crippen molar-refractivity contribution in [1.29, 1.82) is 0 Å². The second kappa shape index (κ2) is 5.43. The zero-order valence-corrected chi connectivity index (χ0v) is 13.3. The van der Waals surface area contributed by atoms with Crippen LogP contribution in [0.4, 0.5) is 0 Å². The Balaban J connectivity index is 2.30. The van der Waals surface area contributed by atoms with Crippen LogP contribution in [0.25, 0.3) is 0 Å². The highest BCUT2D eigenvalue weighted by Crippen LogP contribution is 2.34. The summed E-state index contributed by atoms with van der Waals surface area (Å²) in [6, 6.07) is 4.37. The summed E-state index contributed by atoms with van der Waals surface area (Å²) in [5.74, 6) is 0. The van der Waals surface area contributed by atoms with E-state index in [0.717, 1.165) is 13.1 Å². The van der Waals surface area contributed by atoms with E-state index in [9.17, 15) is 0 Å². The average molecular weight is 277 g/mol. The van der Waals surface area contributed by atoms with Gasteiger partial charge < -0.3 is 10.5 Å². The molecule has 4 heteroatoms. The molecule has 0 radical (unpaired) electrons. The van der Waals surface area contributed by atoms with Gasteiger partial charge in [-0.2, -0.15) is 0 Å². The molecule has 0 amide bonds. The molecule has 20 heavy (non-hydrogen) atoms. The van der Waals surface area contributed by atoms with E-state index in [1.165, 1.54) is 5.56 Å². The lowest BCUT2D eigenvalue weighted by Crippen LogP contribution is -2.59. The quantitative estimate of drug-likeness (QED) is 0.921. The van der Waals surface area contributed by atoms with Gasteiger partial charge in [0.2, 0.25) is 0 Å². The van der Waals surface area contributed by atoms with Crippen molar-refractivity contribution in [2.24, 2.45) is 5.73 Å². The third-order valence-corrected chi connectivity index (χ3v) is 3.66. The number of nitrogens with two attached hydrogens (primary N) is 1. The van der Waals surface area contributed by atoms with E-state index in [-0.39, 0.29) is 23.3 Å². The molecule has 0 bridgehead atoms.